The molecule has 0 fully saturated rings. The highest BCUT2D eigenvalue weighted by Crippen LogP contribution is 2.39. The molecule has 4 nitrogen and oxygen atoms in total. The number of hydrogen-bond acceptors (Lipinski definition) is 5. The summed E-state index contributed by atoms with van der Waals surface area (Å²) in [6.07, 6.45) is -4.41. The van der Waals surface area contributed by atoms with Crippen molar-refractivity contribution in [3.63, 3.8) is 0 Å². The van der Waals surface area contributed by atoms with Gasteiger partial charge in [0, 0.05) is 16.6 Å². The van der Waals surface area contributed by atoms with Gasteiger partial charge in [-0.1, -0.05) is 18.2 Å². The van der Waals surface area contributed by atoms with Crippen LogP contribution in [-0.2, 0) is 6.18 Å². The van der Waals surface area contributed by atoms with Gasteiger partial charge in [-0.05, 0) is 42.8 Å². The molecule has 148 valence electrons. The molecule has 2 aromatic carbocycles. The Morgan fingerprint density at radius 1 is 1.03 bits per heavy atom. The first kappa shape index (κ1) is 19.2. The van der Waals surface area contributed by atoms with E-state index in [0.29, 0.717) is 17.3 Å². The van der Waals surface area contributed by atoms with Gasteiger partial charge >= 0.3 is 6.18 Å². The Kier molecular flexibility index (Phi) is 4.87. The molecule has 0 aliphatic carbocycles. The number of hydrogen-bond donors (Lipinski definition) is 1. The minimum atomic E-state index is -4.41. The normalized spacial score (nSPS) is 11.6. The number of ether oxygens (including phenoxy) is 1. The second kappa shape index (κ2) is 7.36. The molecule has 1 N–H and O–H groups in total. The summed E-state index contributed by atoms with van der Waals surface area (Å²) < 4.78 is 44.4. The second-order valence-electron chi connectivity index (χ2n) is 6.38. The Balaban J connectivity index is 1.81. The van der Waals surface area contributed by atoms with Crippen LogP contribution in [0.3, 0.4) is 0 Å². The lowest BCUT2D eigenvalue weighted by molar-refractivity contribution is -0.137. The Labute approximate surface area is 169 Å². The maximum atomic E-state index is 13.1. The SMILES string of the molecule is COc1ccc(-c2csc3nc(C)nc(Nc4cccc(C(F)(F)F)c4)c23)cc1. The zero-order valence-corrected chi connectivity index (χ0v) is 16.4. The van der Waals surface area contributed by atoms with Gasteiger partial charge in [0.25, 0.3) is 0 Å². The molecule has 4 aromatic rings. The summed E-state index contributed by atoms with van der Waals surface area (Å²) in [5.74, 6) is 1.75. The van der Waals surface area contributed by atoms with Crippen LogP contribution in [0.25, 0.3) is 21.3 Å². The molecule has 2 heterocycles. The van der Waals surface area contributed by atoms with Crippen LogP contribution in [0.2, 0.25) is 0 Å². The predicted octanol–water partition coefficient (Wildman–Crippen LogP) is 6.44. The van der Waals surface area contributed by atoms with Gasteiger partial charge < -0.3 is 10.1 Å². The first-order valence-corrected chi connectivity index (χ1v) is 9.57. The van der Waals surface area contributed by atoms with Gasteiger partial charge in [0.15, 0.2) is 0 Å². The van der Waals surface area contributed by atoms with E-state index >= 15 is 0 Å². The van der Waals surface area contributed by atoms with E-state index in [0.717, 1.165) is 39.2 Å². The summed E-state index contributed by atoms with van der Waals surface area (Å²) in [7, 11) is 1.60. The Morgan fingerprint density at radius 3 is 2.48 bits per heavy atom. The maximum absolute atomic E-state index is 13.1. The summed E-state index contributed by atoms with van der Waals surface area (Å²) in [6.45, 7) is 1.75. The highest BCUT2D eigenvalue weighted by atomic mass is 32.1. The van der Waals surface area contributed by atoms with Gasteiger partial charge in [0.05, 0.1) is 18.1 Å². The number of rotatable bonds is 4. The molecule has 0 amide bonds. The zero-order chi connectivity index (χ0) is 20.6. The van der Waals surface area contributed by atoms with E-state index in [4.69, 9.17) is 4.74 Å². The molecule has 0 unspecified atom stereocenters. The van der Waals surface area contributed by atoms with Crippen LogP contribution in [-0.4, -0.2) is 17.1 Å². The van der Waals surface area contributed by atoms with Crippen molar-refractivity contribution in [1.82, 2.24) is 9.97 Å². The van der Waals surface area contributed by atoms with E-state index in [2.05, 4.69) is 15.3 Å². The van der Waals surface area contributed by atoms with Gasteiger partial charge in [0.1, 0.15) is 22.2 Å². The highest BCUT2D eigenvalue weighted by Gasteiger charge is 2.30. The van der Waals surface area contributed by atoms with Crippen molar-refractivity contribution in [2.45, 2.75) is 13.1 Å². The highest BCUT2D eigenvalue weighted by molar-refractivity contribution is 7.17. The number of alkyl halides is 3. The van der Waals surface area contributed by atoms with E-state index in [1.807, 2.05) is 29.6 Å². The van der Waals surface area contributed by atoms with Crippen LogP contribution in [0.4, 0.5) is 24.7 Å². The third-order valence-electron chi connectivity index (χ3n) is 4.40. The monoisotopic (exact) mass is 415 g/mol. The molecule has 0 spiro atoms. The lowest BCUT2D eigenvalue weighted by Crippen LogP contribution is -2.05. The molecule has 0 radical (unpaired) electrons. The zero-order valence-electron chi connectivity index (χ0n) is 15.5. The number of thiophene rings is 1. The smallest absolute Gasteiger partial charge is 0.416 e. The fourth-order valence-electron chi connectivity index (χ4n) is 3.03. The van der Waals surface area contributed by atoms with Crippen LogP contribution in [0.5, 0.6) is 5.75 Å². The van der Waals surface area contributed by atoms with Gasteiger partial charge in [-0.25, -0.2) is 9.97 Å². The number of aromatic nitrogens is 2. The topological polar surface area (TPSA) is 47.0 Å². The number of aryl methyl sites for hydroxylation is 1. The Morgan fingerprint density at radius 2 is 1.79 bits per heavy atom. The van der Waals surface area contributed by atoms with Crippen molar-refractivity contribution in [2.24, 2.45) is 0 Å². The van der Waals surface area contributed by atoms with Crippen LogP contribution >= 0.6 is 11.3 Å². The second-order valence-corrected chi connectivity index (χ2v) is 7.24. The van der Waals surface area contributed by atoms with Gasteiger partial charge in [-0.2, -0.15) is 13.2 Å². The minimum Gasteiger partial charge on any atom is -0.497 e. The number of benzene rings is 2. The third-order valence-corrected chi connectivity index (χ3v) is 5.27. The molecule has 0 aliphatic heterocycles. The number of methoxy groups -OCH3 is 1. The number of nitrogens with one attached hydrogen (secondary N) is 1. The van der Waals surface area contributed by atoms with Crippen LogP contribution in [0.1, 0.15) is 11.4 Å². The standard InChI is InChI=1S/C21H16F3N3OS/c1-12-25-19(27-15-5-3-4-14(10-15)21(22,23)24)18-17(11-29-20(18)26-12)13-6-8-16(28-2)9-7-13/h3-11H,1-2H3,(H,25,26,27). The largest absolute Gasteiger partial charge is 0.497 e. The number of halogens is 3. The summed E-state index contributed by atoms with van der Waals surface area (Å²) in [4.78, 5) is 9.70. The quantitative estimate of drug-likeness (QED) is 0.417. The third kappa shape index (κ3) is 3.88. The molecule has 8 heteroatoms. The average molecular weight is 415 g/mol. The van der Waals surface area contributed by atoms with Crippen molar-refractivity contribution < 1.29 is 17.9 Å². The molecular weight excluding hydrogens is 399 g/mol. The van der Waals surface area contributed by atoms with E-state index < -0.39 is 11.7 Å². The summed E-state index contributed by atoms with van der Waals surface area (Å²) in [5, 5.41) is 5.79. The van der Waals surface area contributed by atoms with Gasteiger partial charge in [0.2, 0.25) is 0 Å². The molecule has 0 saturated heterocycles. The number of anilines is 2. The Hall–Kier alpha value is -3.13. The van der Waals surface area contributed by atoms with E-state index in [9.17, 15) is 13.2 Å². The fraction of sp³-hybridized carbons (Fsp3) is 0.143. The van der Waals surface area contributed by atoms with Crippen LogP contribution in [0, 0.1) is 6.92 Å². The minimum absolute atomic E-state index is 0.311. The van der Waals surface area contributed by atoms with Crippen molar-refractivity contribution in [2.75, 3.05) is 12.4 Å². The van der Waals surface area contributed by atoms with Crippen molar-refractivity contribution >= 4 is 33.1 Å². The van der Waals surface area contributed by atoms with E-state index in [-0.39, 0.29) is 0 Å². The molecule has 29 heavy (non-hydrogen) atoms. The first-order valence-electron chi connectivity index (χ1n) is 8.69. The molecule has 2 aromatic heterocycles. The average Bonchev–Trinajstić information content (AvgIpc) is 3.11. The maximum Gasteiger partial charge on any atom is 0.416 e. The van der Waals surface area contributed by atoms with Crippen molar-refractivity contribution in [3.05, 3.63) is 65.3 Å². The predicted molar refractivity (Wildman–Crippen MR) is 109 cm³/mol. The van der Waals surface area contributed by atoms with Crippen molar-refractivity contribution in [3.8, 4) is 16.9 Å². The van der Waals surface area contributed by atoms with Crippen molar-refractivity contribution in [1.29, 1.82) is 0 Å². The fourth-order valence-corrected chi connectivity index (χ4v) is 4.02. The molecule has 0 atom stereocenters. The summed E-state index contributed by atoms with van der Waals surface area (Å²) >= 11 is 1.46. The summed E-state index contributed by atoms with van der Waals surface area (Å²) in [5.41, 5.74) is 1.44. The van der Waals surface area contributed by atoms with E-state index in [1.165, 1.54) is 17.4 Å². The van der Waals surface area contributed by atoms with E-state index in [1.54, 1.807) is 20.1 Å². The Bertz CT molecular complexity index is 1170. The summed E-state index contributed by atoms with van der Waals surface area (Å²) in [6, 6.07) is 12.6. The van der Waals surface area contributed by atoms with Crippen LogP contribution < -0.4 is 10.1 Å². The van der Waals surface area contributed by atoms with Crippen LogP contribution in [0.15, 0.2) is 53.9 Å². The lowest BCUT2D eigenvalue weighted by Gasteiger charge is -2.12. The van der Waals surface area contributed by atoms with Gasteiger partial charge in [-0.3, -0.25) is 0 Å². The molecule has 4 rings (SSSR count). The number of fused-ring (bicyclic) bond motifs is 1. The lowest BCUT2D eigenvalue weighted by atomic mass is 10.1. The molecule has 0 bridgehead atoms. The first-order chi connectivity index (χ1) is 13.8. The molecule has 0 aliphatic rings. The van der Waals surface area contributed by atoms with Gasteiger partial charge in [-0.15, -0.1) is 11.3 Å². The number of nitrogens with zero attached hydrogens (tertiary/aromatic N) is 2. The molecule has 0 saturated carbocycles. The molecular formula is C21H16F3N3OS.